The average Bonchev–Trinajstić information content (AvgIpc) is 2.57. The molecule has 3 aliphatic carbocycles. The Balaban J connectivity index is 1.63. The van der Waals surface area contributed by atoms with E-state index in [-0.39, 0.29) is 0 Å². The number of rotatable bonds is 2. The molecular formula is C12H16. The quantitative estimate of drug-likeness (QED) is 0.580. The summed E-state index contributed by atoms with van der Waals surface area (Å²) in [5.41, 5.74) is 5.17. The van der Waals surface area contributed by atoms with Crippen molar-refractivity contribution < 1.29 is 0 Å². The lowest BCUT2D eigenvalue weighted by Gasteiger charge is -2.18. The van der Waals surface area contributed by atoms with Crippen LogP contribution in [0.25, 0.3) is 0 Å². The van der Waals surface area contributed by atoms with Crippen LogP contribution in [-0.4, -0.2) is 0 Å². The Bertz CT molecular complexity index is 280. The van der Waals surface area contributed by atoms with Crippen LogP contribution in [-0.2, 0) is 0 Å². The van der Waals surface area contributed by atoms with Crippen LogP contribution in [0.2, 0.25) is 0 Å². The van der Waals surface area contributed by atoms with Crippen molar-refractivity contribution in [2.24, 2.45) is 11.8 Å². The minimum Gasteiger partial charge on any atom is -0.0622 e. The van der Waals surface area contributed by atoms with Gasteiger partial charge in [-0.25, -0.2) is 0 Å². The van der Waals surface area contributed by atoms with Gasteiger partial charge in [-0.2, -0.15) is 0 Å². The zero-order chi connectivity index (χ0) is 8.13. The molecule has 0 saturated heterocycles. The highest BCUT2D eigenvalue weighted by Crippen LogP contribution is 2.49. The summed E-state index contributed by atoms with van der Waals surface area (Å²) in [4.78, 5) is 0. The van der Waals surface area contributed by atoms with E-state index < -0.39 is 0 Å². The van der Waals surface area contributed by atoms with E-state index in [4.69, 9.17) is 0 Å². The molecule has 0 amide bonds. The molecule has 1 fully saturated rings. The Kier molecular flexibility index (Phi) is 1.30. The zero-order valence-electron chi connectivity index (χ0n) is 7.77. The predicted molar refractivity (Wildman–Crippen MR) is 50.8 cm³/mol. The summed E-state index contributed by atoms with van der Waals surface area (Å²) in [6.07, 6.45) is 9.54. The van der Waals surface area contributed by atoms with Crippen LogP contribution in [0, 0.1) is 11.8 Å². The molecule has 0 radical (unpaired) electrons. The fourth-order valence-electron chi connectivity index (χ4n) is 2.66. The molecule has 2 atom stereocenters. The SMILES string of the molecule is CC1CC1CC1=CC2=C1CCC2. The first-order chi connectivity index (χ1) is 5.84. The maximum absolute atomic E-state index is 2.47. The third-order valence-electron chi connectivity index (χ3n) is 3.75. The summed E-state index contributed by atoms with van der Waals surface area (Å²) in [6.45, 7) is 2.38. The van der Waals surface area contributed by atoms with E-state index in [0.717, 1.165) is 11.8 Å². The van der Waals surface area contributed by atoms with Crippen LogP contribution in [0.15, 0.2) is 22.8 Å². The molecule has 0 spiro atoms. The maximum atomic E-state index is 2.47. The molecule has 64 valence electrons. The Labute approximate surface area is 74.4 Å². The lowest BCUT2D eigenvalue weighted by atomic mass is 9.87. The Morgan fingerprint density at radius 3 is 2.92 bits per heavy atom. The monoisotopic (exact) mass is 160 g/mol. The molecule has 0 bridgehead atoms. The van der Waals surface area contributed by atoms with Crippen LogP contribution in [0.3, 0.4) is 0 Å². The van der Waals surface area contributed by atoms with Gasteiger partial charge < -0.3 is 0 Å². The molecule has 3 rings (SSSR count). The van der Waals surface area contributed by atoms with Gasteiger partial charge in [0.25, 0.3) is 0 Å². The standard InChI is InChI=1S/C12H16/c1-8-5-10(8)7-11-6-9-3-2-4-12(9)11/h6,8,10H,2-5,7H2,1H3. The minimum absolute atomic E-state index is 1.02. The highest BCUT2D eigenvalue weighted by atomic mass is 14.4. The predicted octanol–water partition coefficient (Wildman–Crippen LogP) is 3.45. The smallest absolute Gasteiger partial charge is 0.0245 e. The van der Waals surface area contributed by atoms with Crippen molar-refractivity contribution in [2.75, 3.05) is 0 Å². The molecule has 12 heavy (non-hydrogen) atoms. The first kappa shape index (κ1) is 6.94. The summed E-state index contributed by atoms with van der Waals surface area (Å²) < 4.78 is 0. The van der Waals surface area contributed by atoms with Crippen molar-refractivity contribution in [2.45, 2.75) is 39.0 Å². The average molecular weight is 160 g/mol. The van der Waals surface area contributed by atoms with Crippen molar-refractivity contribution in [3.05, 3.63) is 22.8 Å². The molecule has 0 heterocycles. The summed E-state index contributed by atoms with van der Waals surface area (Å²) in [5, 5.41) is 0. The van der Waals surface area contributed by atoms with Gasteiger partial charge in [0.2, 0.25) is 0 Å². The molecule has 2 unspecified atom stereocenters. The molecule has 0 nitrogen and oxygen atoms in total. The van der Waals surface area contributed by atoms with E-state index in [2.05, 4.69) is 13.0 Å². The van der Waals surface area contributed by atoms with Crippen molar-refractivity contribution >= 4 is 0 Å². The third-order valence-corrected chi connectivity index (χ3v) is 3.75. The summed E-state index contributed by atoms with van der Waals surface area (Å²) >= 11 is 0. The van der Waals surface area contributed by atoms with Crippen LogP contribution in [0.1, 0.15) is 39.0 Å². The highest BCUT2D eigenvalue weighted by Gasteiger charge is 2.35. The second-order valence-corrected chi connectivity index (χ2v) is 4.70. The van der Waals surface area contributed by atoms with E-state index in [1.54, 1.807) is 16.7 Å². The number of hydrogen-bond acceptors (Lipinski definition) is 0. The lowest BCUT2D eigenvalue weighted by Crippen LogP contribution is -2.00. The van der Waals surface area contributed by atoms with Gasteiger partial charge in [-0.15, -0.1) is 0 Å². The molecule has 1 saturated carbocycles. The van der Waals surface area contributed by atoms with Gasteiger partial charge in [0.1, 0.15) is 0 Å². The first-order valence-corrected chi connectivity index (χ1v) is 5.27. The molecule has 0 heteroatoms. The normalized spacial score (nSPS) is 37.6. The zero-order valence-corrected chi connectivity index (χ0v) is 7.77. The summed E-state index contributed by atoms with van der Waals surface area (Å²) in [6, 6.07) is 0. The van der Waals surface area contributed by atoms with Gasteiger partial charge in [-0.3, -0.25) is 0 Å². The van der Waals surface area contributed by atoms with Gasteiger partial charge in [0.15, 0.2) is 0 Å². The van der Waals surface area contributed by atoms with Crippen LogP contribution >= 0.6 is 0 Å². The van der Waals surface area contributed by atoms with E-state index in [0.29, 0.717) is 0 Å². The van der Waals surface area contributed by atoms with Crippen molar-refractivity contribution in [1.29, 1.82) is 0 Å². The molecule has 3 aliphatic rings. The topological polar surface area (TPSA) is 0 Å². The molecule has 0 N–H and O–H groups in total. The van der Waals surface area contributed by atoms with Gasteiger partial charge in [0.05, 0.1) is 0 Å². The molecule has 0 aromatic carbocycles. The van der Waals surface area contributed by atoms with Crippen molar-refractivity contribution in [1.82, 2.24) is 0 Å². The van der Waals surface area contributed by atoms with Gasteiger partial charge in [-0.05, 0) is 60.7 Å². The van der Waals surface area contributed by atoms with Gasteiger partial charge >= 0.3 is 0 Å². The summed E-state index contributed by atoms with van der Waals surface area (Å²) in [7, 11) is 0. The Morgan fingerprint density at radius 1 is 1.42 bits per heavy atom. The summed E-state index contributed by atoms with van der Waals surface area (Å²) in [5.74, 6) is 2.07. The third kappa shape index (κ3) is 0.903. The molecule has 0 aromatic heterocycles. The van der Waals surface area contributed by atoms with Crippen molar-refractivity contribution in [3.8, 4) is 0 Å². The molecular weight excluding hydrogens is 144 g/mol. The highest BCUT2D eigenvalue weighted by molar-refractivity contribution is 5.55. The molecule has 0 aliphatic heterocycles. The maximum Gasteiger partial charge on any atom is -0.0245 e. The van der Waals surface area contributed by atoms with E-state index in [1.807, 2.05) is 0 Å². The second kappa shape index (κ2) is 2.25. The largest absolute Gasteiger partial charge is 0.0622 e. The van der Waals surface area contributed by atoms with Crippen molar-refractivity contribution in [3.63, 3.8) is 0 Å². The van der Waals surface area contributed by atoms with Gasteiger partial charge in [0, 0.05) is 0 Å². The molecule has 0 aromatic rings. The minimum atomic E-state index is 1.02. The lowest BCUT2D eigenvalue weighted by molar-refractivity contribution is 0.734. The van der Waals surface area contributed by atoms with Gasteiger partial charge in [-0.1, -0.05) is 13.0 Å². The Hall–Kier alpha value is -0.520. The fraction of sp³-hybridized carbons (Fsp3) is 0.667. The number of hydrogen-bond donors (Lipinski definition) is 0. The first-order valence-electron chi connectivity index (χ1n) is 5.27. The van der Waals surface area contributed by atoms with E-state index in [1.165, 1.54) is 32.1 Å². The second-order valence-electron chi connectivity index (χ2n) is 4.70. The van der Waals surface area contributed by atoms with Crippen LogP contribution < -0.4 is 0 Å². The van der Waals surface area contributed by atoms with E-state index >= 15 is 0 Å². The Morgan fingerprint density at radius 2 is 2.25 bits per heavy atom. The fourth-order valence-corrected chi connectivity index (χ4v) is 2.66. The number of allylic oxidation sites excluding steroid dienone is 4. The van der Waals surface area contributed by atoms with Crippen LogP contribution in [0.5, 0.6) is 0 Å². The van der Waals surface area contributed by atoms with Crippen LogP contribution in [0.4, 0.5) is 0 Å². The van der Waals surface area contributed by atoms with E-state index in [9.17, 15) is 0 Å².